The van der Waals surface area contributed by atoms with Crippen LogP contribution >= 0.6 is 0 Å². The smallest absolute Gasteiger partial charge is 0.0615 e. The lowest BCUT2D eigenvalue weighted by Gasteiger charge is -2.19. The van der Waals surface area contributed by atoms with E-state index >= 15 is 0 Å². The van der Waals surface area contributed by atoms with Gasteiger partial charge in [-0.1, -0.05) is 19.1 Å². The van der Waals surface area contributed by atoms with Crippen molar-refractivity contribution in [2.45, 2.75) is 13.3 Å². The highest BCUT2D eigenvalue weighted by Gasteiger charge is 2.04. The van der Waals surface area contributed by atoms with E-state index in [0.29, 0.717) is 5.69 Å². The SMILES string of the molecule is CCc1ccc(N(C)c2cncc(N)c2)cc1. The van der Waals surface area contributed by atoms with E-state index in [1.165, 1.54) is 5.56 Å². The average molecular weight is 227 g/mol. The van der Waals surface area contributed by atoms with Crippen molar-refractivity contribution in [3.63, 3.8) is 0 Å². The molecule has 0 radical (unpaired) electrons. The topological polar surface area (TPSA) is 42.2 Å². The third-order valence-corrected chi connectivity index (χ3v) is 2.86. The quantitative estimate of drug-likeness (QED) is 0.876. The standard InChI is InChI=1S/C14H17N3/c1-3-11-4-6-13(7-5-11)17(2)14-8-12(15)9-16-10-14/h4-10H,3,15H2,1-2H3. The first-order chi connectivity index (χ1) is 8.20. The number of benzene rings is 1. The van der Waals surface area contributed by atoms with E-state index in [4.69, 9.17) is 5.73 Å². The van der Waals surface area contributed by atoms with Crippen LogP contribution in [0.1, 0.15) is 12.5 Å². The summed E-state index contributed by atoms with van der Waals surface area (Å²) in [4.78, 5) is 6.17. The van der Waals surface area contributed by atoms with E-state index in [1.807, 2.05) is 19.3 Å². The fourth-order valence-electron chi connectivity index (χ4n) is 1.73. The zero-order chi connectivity index (χ0) is 12.3. The number of hydrogen-bond donors (Lipinski definition) is 1. The van der Waals surface area contributed by atoms with Gasteiger partial charge < -0.3 is 10.6 Å². The normalized spacial score (nSPS) is 10.2. The Bertz CT molecular complexity index is 491. The lowest BCUT2D eigenvalue weighted by atomic mass is 10.1. The first-order valence-electron chi connectivity index (χ1n) is 5.74. The van der Waals surface area contributed by atoms with Crippen LogP contribution in [0.2, 0.25) is 0 Å². The predicted octanol–water partition coefficient (Wildman–Crippen LogP) is 2.99. The van der Waals surface area contributed by atoms with Crippen molar-refractivity contribution in [2.75, 3.05) is 17.7 Å². The molecule has 17 heavy (non-hydrogen) atoms. The van der Waals surface area contributed by atoms with Crippen molar-refractivity contribution in [3.8, 4) is 0 Å². The van der Waals surface area contributed by atoms with Gasteiger partial charge in [-0.05, 0) is 30.2 Å². The van der Waals surface area contributed by atoms with Crippen LogP contribution < -0.4 is 10.6 Å². The Morgan fingerprint density at radius 2 is 1.82 bits per heavy atom. The Morgan fingerprint density at radius 3 is 2.41 bits per heavy atom. The van der Waals surface area contributed by atoms with Gasteiger partial charge in [0.05, 0.1) is 17.6 Å². The molecule has 2 aromatic rings. The van der Waals surface area contributed by atoms with Gasteiger partial charge >= 0.3 is 0 Å². The number of pyridine rings is 1. The molecule has 0 bridgehead atoms. The molecule has 0 saturated carbocycles. The highest BCUT2D eigenvalue weighted by atomic mass is 15.1. The van der Waals surface area contributed by atoms with E-state index in [0.717, 1.165) is 17.8 Å². The van der Waals surface area contributed by atoms with Crippen molar-refractivity contribution in [3.05, 3.63) is 48.3 Å². The molecule has 3 heteroatoms. The molecule has 88 valence electrons. The van der Waals surface area contributed by atoms with Crippen molar-refractivity contribution in [1.29, 1.82) is 0 Å². The van der Waals surface area contributed by atoms with E-state index in [-0.39, 0.29) is 0 Å². The van der Waals surface area contributed by atoms with Gasteiger partial charge in [-0.15, -0.1) is 0 Å². The van der Waals surface area contributed by atoms with Crippen molar-refractivity contribution in [1.82, 2.24) is 4.98 Å². The van der Waals surface area contributed by atoms with Crippen LogP contribution in [0.3, 0.4) is 0 Å². The van der Waals surface area contributed by atoms with Crippen LogP contribution in [0, 0.1) is 0 Å². The van der Waals surface area contributed by atoms with E-state index in [1.54, 1.807) is 6.20 Å². The van der Waals surface area contributed by atoms with Crippen LogP contribution in [-0.2, 0) is 6.42 Å². The number of hydrogen-bond acceptors (Lipinski definition) is 3. The Morgan fingerprint density at radius 1 is 1.12 bits per heavy atom. The summed E-state index contributed by atoms with van der Waals surface area (Å²) in [5.41, 5.74) is 9.88. The molecule has 0 unspecified atom stereocenters. The predicted molar refractivity (Wildman–Crippen MR) is 72.5 cm³/mol. The summed E-state index contributed by atoms with van der Waals surface area (Å²) in [6, 6.07) is 10.4. The summed E-state index contributed by atoms with van der Waals surface area (Å²) in [6.45, 7) is 2.15. The highest BCUT2D eigenvalue weighted by molar-refractivity contribution is 5.64. The molecule has 0 fully saturated rings. The van der Waals surface area contributed by atoms with Crippen molar-refractivity contribution < 1.29 is 0 Å². The minimum absolute atomic E-state index is 0.680. The van der Waals surface area contributed by atoms with Crippen LogP contribution in [0.5, 0.6) is 0 Å². The maximum Gasteiger partial charge on any atom is 0.0615 e. The summed E-state index contributed by atoms with van der Waals surface area (Å²) >= 11 is 0. The fraction of sp³-hybridized carbons (Fsp3) is 0.214. The molecule has 3 nitrogen and oxygen atoms in total. The van der Waals surface area contributed by atoms with Crippen molar-refractivity contribution >= 4 is 17.1 Å². The van der Waals surface area contributed by atoms with Crippen LogP contribution in [-0.4, -0.2) is 12.0 Å². The van der Waals surface area contributed by atoms with Gasteiger partial charge in [0.2, 0.25) is 0 Å². The number of anilines is 3. The van der Waals surface area contributed by atoms with Gasteiger partial charge in [0.15, 0.2) is 0 Å². The molecule has 0 aliphatic carbocycles. The number of nitrogens with zero attached hydrogens (tertiary/aromatic N) is 2. The lowest BCUT2D eigenvalue weighted by molar-refractivity contribution is 1.13. The maximum absolute atomic E-state index is 5.73. The molecule has 0 aliphatic heterocycles. The average Bonchev–Trinajstić information content (AvgIpc) is 2.38. The molecule has 0 aliphatic rings. The van der Waals surface area contributed by atoms with Crippen LogP contribution in [0.15, 0.2) is 42.7 Å². The molecular formula is C14H17N3. The van der Waals surface area contributed by atoms with Gasteiger partial charge in [0.1, 0.15) is 0 Å². The molecule has 1 heterocycles. The summed E-state index contributed by atoms with van der Waals surface area (Å²) in [5, 5.41) is 0. The second-order valence-corrected chi connectivity index (χ2v) is 4.06. The van der Waals surface area contributed by atoms with Crippen LogP contribution in [0.25, 0.3) is 0 Å². The minimum Gasteiger partial charge on any atom is -0.397 e. The number of rotatable bonds is 3. The molecule has 1 aromatic heterocycles. The Balaban J connectivity index is 2.27. The number of nitrogens with two attached hydrogens (primary N) is 1. The molecule has 0 amide bonds. The summed E-state index contributed by atoms with van der Waals surface area (Å²) < 4.78 is 0. The van der Waals surface area contributed by atoms with E-state index < -0.39 is 0 Å². The first-order valence-corrected chi connectivity index (χ1v) is 5.74. The summed E-state index contributed by atoms with van der Waals surface area (Å²) in [7, 11) is 2.01. The third-order valence-electron chi connectivity index (χ3n) is 2.86. The Labute approximate surface area is 102 Å². The summed E-state index contributed by atoms with van der Waals surface area (Å²) in [5.74, 6) is 0. The summed E-state index contributed by atoms with van der Waals surface area (Å²) in [6.07, 6.45) is 4.52. The zero-order valence-corrected chi connectivity index (χ0v) is 10.2. The number of nitrogen functional groups attached to an aromatic ring is 1. The molecule has 2 N–H and O–H groups in total. The molecular weight excluding hydrogens is 210 g/mol. The molecule has 2 rings (SSSR count). The van der Waals surface area contributed by atoms with Gasteiger partial charge in [-0.25, -0.2) is 0 Å². The Hall–Kier alpha value is -2.03. The number of aromatic nitrogens is 1. The monoisotopic (exact) mass is 227 g/mol. The van der Waals surface area contributed by atoms with Crippen LogP contribution in [0.4, 0.5) is 17.1 Å². The lowest BCUT2D eigenvalue weighted by Crippen LogP contribution is -2.10. The zero-order valence-electron chi connectivity index (χ0n) is 10.2. The third kappa shape index (κ3) is 2.56. The highest BCUT2D eigenvalue weighted by Crippen LogP contribution is 2.24. The fourth-order valence-corrected chi connectivity index (χ4v) is 1.73. The van der Waals surface area contributed by atoms with Gasteiger partial charge in [-0.2, -0.15) is 0 Å². The van der Waals surface area contributed by atoms with Crippen molar-refractivity contribution in [2.24, 2.45) is 0 Å². The molecule has 0 spiro atoms. The van der Waals surface area contributed by atoms with Gasteiger partial charge in [0, 0.05) is 18.9 Å². The largest absolute Gasteiger partial charge is 0.397 e. The number of aryl methyl sites for hydroxylation is 1. The Kier molecular flexibility index (Phi) is 3.28. The molecule has 1 aromatic carbocycles. The van der Waals surface area contributed by atoms with E-state index in [9.17, 15) is 0 Å². The minimum atomic E-state index is 0.680. The second kappa shape index (κ2) is 4.87. The second-order valence-electron chi connectivity index (χ2n) is 4.06. The van der Waals surface area contributed by atoms with E-state index in [2.05, 4.69) is 41.1 Å². The molecule has 0 saturated heterocycles. The van der Waals surface area contributed by atoms with Gasteiger partial charge in [0.25, 0.3) is 0 Å². The first kappa shape index (κ1) is 11.5. The van der Waals surface area contributed by atoms with Gasteiger partial charge in [-0.3, -0.25) is 4.98 Å². The molecule has 0 atom stereocenters. The maximum atomic E-state index is 5.73.